The quantitative estimate of drug-likeness (QED) is 0.508. The first-order valence-corrected chi connectivity index (χ1v) is 2.25. The van der Waals surface area contributed by atoms with E-state index in [2.05, 4.69) is 15.4 Å². The summed E-state index contributed by atoms with van der Waals surface area (Å²) in [6.07, 6.45) is 1.35. The average molecular weight is 138 g/mol. The molecule has 0 aliphatic rings. The van der Waals surface area contributed by atoms with Gasteiger partial charge in [-0.25, -0.2) is 0 Å². The molecule has 1 heterocycles. The lowest BCUT2D eigenvalue weighted by molar-refractivity contribution is 0.0994. The van der Waals surface area contributed by atoms with Crippen molar-refractivity contribution in [3.05, 3.63) is 18.0 Å². The molecule has 0 spiro atoms. The van der Waals surface area contributed by atoms with Crippen molar-refractivity contribution in [2.24, 2.45) is 5.73 Å². The Balaban J connectivity index is 0.000000810. The molecule has 3 radical (unpaired) electrons. The highest BCUT2D eigenvalue weighted by atomic mass is 16.1. The predicted molar refractivity (Wildman–Crippen MR) is 30.5 cm³/mol. The Kier molecular flexibility index (Phi) is 2.92. The van der Waals surface area contributed by atoms with E-state index in [0.29, 0.717) is 0 Å². The van der Waals surface area contributed by atoms with E-state index in [-0.39, 0.29) is 11.8 Å². The largest absolute Gasteiger partial charge is 0.364 e. The van der Waals surface area contributed by atoms with Crippen LogP contribution in [0.5, 0.6) is 0 Å². The lowest BCUT2D eigenvalue weighted by Gasteiger charge is -1.86. The second-order valence-electron chi connectivity index (χ2n) is 1.37. The molecular formula is C4H4N5O. The van der Waals surface area contributed by atoms with Gasteiger partial charge in [0.25, 0.3) is 5.91 Å². The number of primary amides is 1. The number of carbonyl (C=O) groups excluding carboxylic acids is 1. The van der Waals surface area contributed by atoms with Crippen LogP contribution in [0.15, 0.2) is 12.3 Å². The molecule has 10 heavy (non-hydrogen) atoms. The van der Waals surface area contributed by atoms with Gasteiger partial charge < -0.3 is 5.73 Å². The Hall–Kier alpha value is -1.56. The van der Waals surface area contributed by atoms with Gasteiger partial charge in [-0.2, -0.15) is 0 Å². The highest BCUT2D eigenvalue weighted by molar-refractivity contribution is 5.90. The van der Waals surface area contributed by atoms with Crippen molar-refractivity contribution in [1.29, 1.82) is 0 Å². The molecule has 0 bridgehead atoms. The molecule has 0 aliphatic heterocycles. The van der Waals surface area contributed by atoms with E-state index in [1.54, 1.807) is 0 Å². The second-order valence-corrected chi connectivity index (χ2v) is 1.37. The number of nitrogens with two attached hydrogens (primary N) is 1. The highest BCUT2D eigenvalue weighted by Gasteiger charge is 1.98. The molecule has 0 atom stereocenters. The third kappa shape index (κ3) is 1.75. The van der Waals surface area contributed by atoms with E-state index < -0.39 is 5.91 Å². The Morgan fingerprint density at radius 3 is 2.60 bits per heavy atom. The molecule has 1 aromatic heterocycles. The summed E-state index contributed by atoms with van der Waals surface area (Å²) in [5.74, 6) is -0.593. The monoisotopic (exact) mass is 138 g/mol. The van der Waals surface area contributed by atoms with Crippen LogP contribution in [0.3, 0.4) is 0 Å². The zero-order valence-electron chi connectivity index (χ0n) is 4.93. The van der Waals surface area contributed by atoms with Gasteiger partial charge in [0.15, 0.2) is 5.69 Å². The van der Waals surface area contributed by atoms with Crippen LogP contribution in [0, 0.1) is 0 Å². The van der Waals surface area contributed by atoms with Crippen LogP contribution < -0.4 is 11.9 Å². The van der Waals surface area contributed by atoms with Crippen molar-refractivity contribution in [2.75, 3.05) is 0 Å². The van der Waals surface area contributed by atoms with Crippen molar-refractivity contribution in [3.63, 3.8) is 0 Å². The number of amides is 1. The summed E-state index contributed by atoms with van der Waals surface area (Å²) in [5, 5.41) is 9.91. The topological polar surface area (TPSA) is 112 Å². The Bertz CT molecular complexity index is 210. The summed E-state index contributed by atoms with van der Waals surface area (Å²) in [5.41, 5.74) is 4.97. The molecule has 0 saturated carbocycles. The van der Waals surface area contributed by atoms with Crippen LogP contribution in [0.1, 0.15) is 10.5 Å². The zero-order chi connectivity index (χ0) is 6.69. The van der Waals surface area contributed by atoms with Gasteiger partial charge in [-0.3, -0.25) is 4.79 Å². The van der Waals surface area contributed by atoms with Gasteiger partial charge in [-0.1, -0.05) is 0 Å². The summed E-state index contributed by atoms with van der Waals surface area (Å²) in [6, 6.07) is 1.40. The fourth-order valence-electron chi connectivity index (χ4n) is 0.372. The zero-order valence-corrected chi connectivity index (χ0v) is 4.93. The van der Waals surface area contributed by atoms with Gasteiger partial charge in [0.2, 0.25) is 0 Å². The lowest BCUT2D eigenvalue weighted by Crippen LogP contribution is -2.13. The third-order valence-corrected chi connectivity index (χ3v) is 0.756. The van der Waals surface area contributed by atoms with Gasteiger partial charge in [0.05, 0.1) is 6.20 Å². The molecule has 1 amide bonds. The van der Waals surface area contributed by atoms with E-state index in [0.717, 1.165) is 0 Å². The first-order chi connectivity index (χ1) is 4.30. The maximum Gasteiger partial charge on any atom is 0.269 e. The van der Waals surface area contributed by atoms with Crippen LogP contribution in [0.4, 0.5) is 0 Å². The van der Waals surface area contributed by atoms with Crippen LogP contribution >= 0.6 is 0 Å². The number of hydrogen-bond acceptors (Lipinski definition) is 4. The summed E-state index contributed by atoms with van der Waals surface area (Å²) in [7, 11) is 0. The molecule has 51 valence electrons. The highest BCUT2D eigenvalue weighted by Crippen LogP contribution is 1.83. The van der Waals surface area contributed by atoms with E-state index in [1.165, 1.54) is 12.3 Å². The van der Waals surface area contributed by atoms with Crippen molar-refractivity contribution < 1.29 is 4.79 Å². The smallest absolute Gasteiger partial charge is 0.269 e. The molecule has 0 unspecified atom stereocenters. The molecule has 6 nitrogen and oxygen atoms in total. The third-order valence-electron chi connectivity index (χ3n) is 0.756. The predicted octanol–water partition coefficient (Wildman–Crippen LogP) is -1.51. The average Bonchev–Trinajstić information content (AvgIpc) is 1.90. The van der Waals surface area contributed by atoms with E-state index in [4.69, 9.17) is 5.73 Å². The summed E-state index contributed by atoms with van der Waals surface area (Å²) in [6.45, 7) is 0. The maximum atomic E-state index is 10.3. The minimum atomic E-state index is -0.593. The fourth-order valence-corrected chi connectivity index (χ4v) is 0.372. The number of carbonyl (C=O) groups is 1. The van der Waals surface area contributed by atoms with E-state index in [9.17, 15) is 4.79 Å². The molecule has 1 rings (SSSR count). The Labute approximate surface area is 57.0 Å². The van der Waals surface area contributed by atoms with Crippen molar-refractivity contribution in [2.45, 2.75) is 0 Å². The normalized spacial score (nSPS) is 8.00. The van der Waals surface area contributed by atoms with Crippen LogP contribution in [0.25, 0.3) is 0 Å². The summed E-state index contributed by atoms with van der Waals surface area (Å²) < 4.78 is 0. The van der Waals surface area contributed by atoms with Gasteiger partial charge >= 0.3 is 0 Å². The van der Waals surface area contributed by atoms with Crippen LogP contribution in [-0.2, 0) is 0 Å². The molecular weight excluding hydrogens is 134 g/mol. The number of rotatable bonds is 1. The van der Waals surface area contributed by atoms with Crippen LogP contribution in [0.2, 0.25) is 0 Å². The van der Waals surface area contributed by atoms with E-state index >= 15 is 0 Å². The summed E-state index contributed by atoms with van der Waals surface area (Å²) in [4.78, 5) is 10.3. The Morgan fingerprint density at radius 2 is 2.30 bits per heavy atom. The molecule has 0 saturated heterocycles. The maximum absolute atomic E-state index is 10.3. The van der Waals surface area contributed by atoms with Gasteiger partial charge in [0.1, 0.15) is 0 Å². The van der Waals surface area contributed by atoms with Crippen molar-refractivity contribution in [1.82, 2.24) is 21.6 Å². The molecule has 0 aromatic carbocycles. The second kappa shape index (κ2) is 3.46. The Morgan fingerprint density at radius 1 is 1.60 bits per heavy atom. The van der Waals surface area contributed by atoms with Crippen LogP contribution in [-0.4, -0.2) is 21.3 Å². The van der Waals surface area contributed by atoms with Crippen molar-refractivity contribution in [3.8, 4) is 0 Å². The fraction of sp³-hybridized carbons (Fsp3) is 0. The minimum absolute atomic E-state index is 0. The minimum Gasteiger partial charge on any atom is -0.364 e. The van der Waals surface area contributed by atoms with Crippen molar-refractivity contribution >= 4 is 5.91 Å². The molecule has 6 heteroatoms. The first kappa shape index (κ1) is 8.44. The summed E-state index contributed by atoms with van der Waals surface area (Å²) >= 11 is 0. The molecule has 0 aliphatic carbocycles. The van der Waals surface area contributed by atoms with Gasteiger partial charge in [-0.05, 0) is 11.3 Å². The lowest BCUT2D eigenvalue weighted by atomic mass is 10.4. The number of hydrogen-bond donors (Lipinski definition) is 1. The molecule has 1 aromatic rings. The van der Waals surface area contributed by atoms with Gasteiger partial charge in [-0.15, -0.1) is 10.2 Å². The van der Waals surface area contributed by atoms with E-state index in [1.807, 2.05) is 0 Å². The first-order valence-electron chi connectivity index (χ1n) is 2.25. The molecule has 0 fully saturated rings. The SMILES string of the molecule is NC(=O)c1ccnnn1.[N]. The number of aromatic nitrogens is 3. The van der Waals surface area contributed by atoms with Gasteiger partial charge in [0, 0.05) is 6.15 Å². The standard InChI is InChI=1S/C4H4N4O.N/c5-4(9)3-1-2-6-8-7-3;/h1-2H,(H2,5,9);. The molecule has 2 N–H and O–H groups in total. The number of nitrogens with zero attached hydrogens (tertiary/aromatic N) is 4.